The van der Waals surface area contributed by atoms with Crippen LogP contribution in [0.3, 0.4) is 0 Å². The number of ketones is 1. The molecule has 0 aliphatic carbocycles. The average Bonchev–Trinajstić information content (AvgIpc) is 2.38. The second-order valence-electron chi connectivity index (χ2n) is 3.96. The van der Waals surface area contributed by atoms with Gasteiger partial charge in [-0.2, -0.15) is 11.8 Å². The number of Topliss-reactive ketones (excluding diaryl/α,β-unsaturated/α-hetero) is 1. The zero-order valence-corrected chi connectivity index (χ0v) is 11.6. The smallest absolute Gasteiger partial charge is 0.177 e. The summed E-state index contributed by atoms with van der Waals surface area (Å²) >= 11 is 3.66. The Labute approximate surface area is 111 Å². The van der Waals surface area contributed by atoms with Crippen molar-refractivity contribution in [1.29, 1.82) is 0 Å². The van der Waals surface area contributed by atoms with Gasteiger partial charge in [0.15, 0.2) is 5.78 Å². The van der Waals surface area contributed by atoms with Crippen LogP contribution in [-0.2, 0) is 0 Å². The first-order valence-corrected chi connectivity index (χ1v) is 7.73. The van der Waals surface area contributed by atoms with Gasteiger partial charge in [0.1, 0.15) is 5.75 Å². The summed E-state index contributed by atoms with van der Waals surface area (Å²) < 4.78 is 5.15. The second-order valence-corrected chi connectivity index (χ2v) is 6.70. The van der Waals surface area contributed by atoms with Crippen LogP contribution < -0.4 is 4.74 Å². The fourth-order valence-corrected chi connectivity index (χ4v) is 4.59. The van der Waals surface area contributed by atoms with Gasteiger partial charge < -0.3 is 4.74 Å². The first-order valence-electron chi connectivity index (χ1n) is 5.64. The van der Waals surface area contributed by atoms with E-state index in [0.717, 1.165) is 22.8 Å². The van der Waals surface area contributed by atoms with Crippen molar-refractivity contribution in [2.75, 3.05) is 18.6 Å². The first kappa shape index (κ1) is 12.8. The summed E-state index contributed by atoms with van der Waals surface area (Å²) in [7, 11) is 1.62. The number of hydrogen-bond acceptors (Lipinski definition) is 4. The van der Waals surface area contributed by atoms with Crippen molar-refractivity contribution in [1.82, 2.24) is 0 Å². The Kier molecular flexibility index (Phi) is 4.40. The van der Waals surface area contributed by atoms with Crippen LogP contribution in [-0.4, -0.2) is 34.9 Å². The van der Waals surface area contributed by atoms with Crippen molar-refractivity contribution in [3.63, 3.8) is 0 Å². The van der Waals surface area contributed by atoms with Gasteiger partial charge in [-0.1, -0.05) is 19.1 Å². The molecule has 1 heterocycles. The number of carbonyl (C=O) groups excluding carboxylic acids is 1. The van der Waals surface area contributed by atoms with Crippen LogP contribution in [0.5, 0.6) is 5.75 Å². The zero-order chi connectivity index (χ0) is 12.3. The Hall–Kier alpha value is -0.610. The molecule has 2 atom stereocenters. The van der Waals surface area contributed by atoms with E-state index < -0.39 is 0 Å². The molecular formula is C13H16O2S2. The van der Waals surface area contributed by atoms with Gasteiger partial charge in [0.25, 0.3) is 0 Å². The minimum atomic E-state index is 0.0841. The summed E-state index contributed by atoms with van der Waals surface area (Å²) in [5, 5.41) is 0.480. The zero-order valence-electron chi connectivity index (χ0n) is 10.0. The van der Waals surface area contributed by atoms with E-state index in [4.69, 9.17) is 4.74 Å². The number of thioether (sulfide) groups is 2. The minimum absolute atomic E-state index is 0.0841. The monoisotopic (exact) mass is 268 g/mol. The van der Waals surface area contributed by atoms with Crippen molar-refractivity contribution in [2.45, 2.75) is 17.4 Å². The summed E-state index contributed by atoms with van der Waals surface area (Å²) in [6, 6.07) is 7.44. The van der Waals surface area contributed by atoms with Gasteiger partial charge in [-0.15, -0.1) is 11.8 Å². The lowest BCUT2D eigenvalue weighted by Gasteiger charge is -2.26. The minimum Gasteiger partial charge on any atom is -0.497 e. The summed E-state index contributed by atoms with van der Waals surface area (Å²) in [4.78, 5) is 12.4. The molecule has 2 unspecified atom stereocenters. The Balaban J connectivity index is 2.17. The normalized spacial score (nSPS) is 24.4. The van der Waals surface area contributed by atoms with Crippen LogP contribution in [0.25, 0.3) is 0 Å². The number of ether oxygens (including phenoxy) is 1. The van der Waals surface area contributed by atoms with E-state index in [0.29, 0.717) is 5.25 Å². The molecule has 1 aliphatic heterocycles. The van der Waals surface area contributed by atoms with E-state index in [1.165, 1.54) is 0 Å². The molecule has 1 aliphatic rings. The lowest BCUT2D eigenvalue weighted by Crippen LogP contribution is -2.31. The SMILES string of the molecule is COc1cccc(C(=O)C2SCCSC2C)c1. The van der Waals surface area contributed by atoms with Crippen LogP contribution in [0.1, 0.15) is 17.3 Å². The molecule has 0 N–H and O–H groups in total. The Bertz CT molecular complexity index is 406. The second kappa shape index (κ2) is 5.83. The fraction of sp³-hybridized carbons (Fsp3) is 0.462. The molecule has 0 aromatic heterocycles. The molecule has 0 amide bonds. The number of rotatable bonds is 3. The molecule has 0 saturated carbocycles. The van der Waals surface area contributed by atoms with Gasteiger partial charge in [-0.05, 0) is 12.1 Å². The molecule has 2 nitrogen and oxygen atoms in total. The van der Waals surface area contributed by atoms with Gasteiger partial charge in [0.05, 0.1) is 12.4 Å². The molecule has 1 aromatic carbocycles. The van der Waals surface area contributed by atoms with Gasteiger partial charge in [0, 0.05) is 22.3 Å². The highest BCUT2D eigenvalue weighted by atomic mass is 32.2. The summed E-state index contributed by atoms with van der Waals surface area (Å²) in [5.41, 5.74) is 0.760. The van der Waals surface area contributed by atoms with Crippen LogP contribution >= 0.6 is 23.5 Å². The molecule has 17 heavy (non-hydrogen) atoms. The number of benzene rings is 1. The average molecular weight is 268 g/mol. The van der Waals surface area contributed by atoms with Gasteiger partial charge in [0.2, 0.25) is 0 Å². The third-order valence-electron chi connectivity index (χ3n) is 2.80. The van der Waals surface area contributed by atoms with Gasteiger partial charge >= 0.3 is 0 Å². The highest BCUT2D eigenvalue weighted by Gasteiger charge is 2.29. The molecule has 4 heteroatoms. The molecule has 0 spiro atoms. The number of carbonyl (C=O) groups is 1. The largest absolute Gasteiger partial charge is 0.497 e. The summed E-state index contributed by atoms with van der Waals surface area (Å²) in [6.45, 7) is 2.14. The molecule has 92 valence electrons. The lowest BCUT2D eigenvalue weighted by molar-refractivity contribution is 0.0989. The van der Waals surface area contributed by atoms with Crippen molar-refractivity contribution in [3.8, 4) is 5.75 Å². The predicted molar refractivity (Wildman–Crippen MR) is 75.5 cm³/mol. The van der Waals surface area contributed by atoms with Gasteiger partial charge in [-0.3, -0.25) is 4.79 Å². The first-order chi connectivity index (χ1) is 8.22. The van der Waals surface area contributed by atoms with Crippen LogP contribution in [0, 0.1) is 0 Å². The maximum atomic E-state index is 12.4. The van der Waals surface area contributed by atoms with Crippen molar-refractivity contribution in [3.05, 3.63) is 29.8 Å². The molecule has 1 saturated heterocycles. The van der Waals surface area contributed by atoms with E-state index in [-0.39, 0.29) is 11.0 Å². The van der Waals surface area contributed by atoms with E-state index in [9.17, 15) is 4.79 Å². The van der Waals surface area contributed by atoms with Crippen LogP contribution in [0.15, 0.2) is 24.3 Å². The van der Waals surface area contributed by atoms with E-state index in [2.05, 4.69) is 6.92 Å². The third kappa shape index (κ3) is 2.99. The molecule has 1 fully saturated rings. The van der Waals surface area contributed by atoms with E-state index in [1.807, 2.05) is 36.0 Å². The maximum Gasteiger partial charge on any atom is 0.177 e. The standard InChI is InChI=1S/C13H16O2S2/c1-9-13(17-7-6-16-9)12(14)10-4-3-5-11(8-10)15-2/h3-5,8-9,13H,6-7H2,1-2H3. The van der Waals surface area contributed by atoms with Crippen LogP contribution in [0.4, 0.5) is 0 Å². The molecule has 0 radical (unpaired) electrons. The van der Waals surface area contributed by atoms with Crippen molar-refractivity contribution < 1.29 is 9.53 Å². The maximum absolute atomic E-state index is 12.4. The summed E-state index contributed by atoms with van der Waals surface area (Å²) in [6.07, 6.45) is 0. The Morgan fingerprint density at radius 3 is 2.82 bits per heavy atom. The van der Waals surface area contributed by atoms with Crippen molar-refractivity contribution >= 4 is 29.3 Å². The van der Waals surface area contributed by atoms with E-state index in [1.54, 1.807) is 18.9 Å². The van der Waals surface area contributed by atoms with E-state index >= 15 is 0 Å². The topological polar surface area (TPSA) is 26.3 Å². The highest BCUT2D eigenvalue weighted by molar-refractivity contribution is 8.07. The molecule has 2 rings (SSSR count). The Morgan fingerprint density at radius 1 is 1.35 bits per heavy atom. The van der Waals surface area contributed by atoms with Crippen molar-refractivity contribution in [2.24, 2.45) is 0 Å². The highest BCUT2D eigenvalue weighted by Crippen LogP contribution is 2.33. The fourth-order valence-electron chi connectivity index (χ4n) is 1.86. The number of methoxy groups -OCH3 is 1. The lowest BCUT2D eigenvalue weighted by atomic mass is 10.1. The van der Waals surface area contributed by atoms with Crippen LogP contribution in [0.2, 0.25) is 0 Å². The number of hydrogen-bond donors (Lipinski definition) is 0. The summed E-state index contributed by atoms with van der Waals surface area (Å²) in [5.74, 6) is 3.19. The molecule has 1 aromatic rings. The molecule has 0 bridgehead atoms. The third-order valence-corrected chi connectivity index (χ3v) is 5.89. The predicted octanol–water partition coefficient (Wildman–Crippen LogP) is 3.12. The Morgan fingerprint density at radius 2 is 2.12 bits per heavy atom. The molecular weight excluding hydrogens is 252 g/mol. The quantitative estimate of drug-likeness (QED) is 0.787. The van der Waals surface area contributed by atoms with Gasteiger partial charge in [-0.25, -0.2) is 0 Å².